The van der Waals surface area contributed by atoms with E-state index < -0.39 is 20.7 Å². The Bertz CT molecular complexity index is 847. The number of para-hydroxylation sites is 1. The van der Waals surface area contributed by atoms with Crippen LogP contribution in [0.15, 0.2) is 45.8 Å². The van der Waals surface area contributed by atoms with Gasteiger partial charge in [0.05, 0.1) is 15.7 Å². The summed E-state index contributed by atoms with van der Waals surface area (Å²) in [6, 6.07) is 10.1. The van der Waals surface area contributed by atoms with Crippen molar-refractivity contribution in [1.29, 1.82) is 5.26 Å². The number of hydrogen-bond donors (Lipinski definition) is 2. The molecule has 0 bridgehead atoms. The van der Waals surface area contributed by atoms with Crippen LogP contribution in [0.1, 0.15) is 5.56 Å². The molecule has 8 heteroatoms. The SMILES string of the molecule is N#Cc1ccccc1NS(=O)(=O)c1cc(N)cc(Br)c1F. The second-order valence-corrected chi connectivity index (χ2v) is 6.58. The van der Waals surface area contributed by atoms with Crippen LogP contribution in [0.3, 0.4) is 0 Å². The van der Waals surface area contributed by atoms with Crippen molar-refractivity contribution in [3.05, 3.63) is 52.3 Å². The molecule has 0 aliphatic rings. The van der Waals surface area contributed by atoms with Crippen LogP contribution in [0.5, 0.6) is 0 Å². The Hall–Kier alpha value is -2.11. The molecule has 0 spiro atoms. The van der Waals surface area contributed by atoms with E-state index in [0.717, 1.165) is 6.07 Å². The summed E-state index contributed by atoms with van der Waals surface area (Å²) in [6.07, 6.45) is 0. The number of nitriles is 1. The van der Waals surface area contributed by atoms with E-state index in [2.05, 4.69) is 20.7 Å². The molecule has 0 unspecified atom stereocenters. The van der Waals surface area contributed by atoms with E-state index in [4.69, 9.17) is 11.0 Å². The number of sulfonamides is 1. The van der Waals surface area contributed by atoms with Gasteiger partial charge < -0.3 is 5.73 Å². The topological polar surface area (TPSA) is 96.0 Å². The lowest BCUT2D eigenvalue weighted by atomic mass is 10.2. The maximum Gasteiger partial charge on any atom is 0.264 e. The van der Waals surface area contributed by atoms with Gasteiger partial charge in [0.2, 0.25) is 0 Å². The zero-order valence-electron chi connectivity index (χ0n) is 10.5. The van der Waals surface area contributed by atoms with Crippen LogP contribution in [0, 0.1) is 17.1 Å². The fraction of sp³-hybridized carbons (Fsp3) is 0. The van der Waals surface area contributed by atoms with Gasteiger partial charge in [-0.05, 0) is 40.2 Å². The first-order valence-corrected chi connectivity index (χ1v) is 7.89. The average molecular weight is 370 g/mol. The van der Waals surface area contributed by atoms with Crippen molar-refractivity contribution in [3.63, 3.8) is 0 Å². The molecule has 0 aliphatic heterocycles. The van der Waals surface area contributed by atoms with E-state index in [1.165, 1.54) is 18.2 Å². The molecule has 0 saturated heterocycles. The van der Waals surface area contributed by atoms with Gasteiger partial charge in [-0.3, -0.25) is 4.72 Å². The molecule has 108 valence electrons. The first-order chi connectivity index (χ1) is 9.85. The second kappa shape index (κ2) is 5.71. The summed E-state index contributed by atoms with van der Waals surface area (Å²) in [5.74, 6) is -0.953. The highest BCUT2D eigenvalue weighted by atomic mass is 79.9. The van der Waals surface area contributed by atoms with E-state index >= 15 is 0 Å². The minimum Gasteiger partial charge on any atom is -0.399 e. The first-order valence-electron chi connectivity index (χ1n) is 5.61. The number of hydrogen-bond acceptors (Lipinski definition) is 4. The summed E-state index contributed by atoms with van der Waals surface area (Å²) in [4.78, 5) is -0.595. The average Bonchev–Trinajstić information content (AvgIpc) is 2.43. The number of nitrogen functional groups attached to an aromatic ring is 1. The summed E-state index contributed by atoms with van der Waals surface area (Å²) in [5.41, 5.74) is 5.82. The van der Waals surface area contributed by atoms with Crippen LogP contribution < -0.4 is 10.5 Å². The molecule has 21 heavy (non-hydrogen) atoms. The molecule has 0 aromatic heterocycles. The molecule has 3 N–H and O–H groups in total. The normalized spacial score (nSPS) is 10.9. The maximum atomic E-state index is 14.0. The summed E-state index contributed by atoms with van der Waals surface area (Å²) in [7, 11) is -4.21. The van der Waals surface area contributed by atoms with Crippen LogP contribution in [0.4, 0.5) is 15.8 Å². The summed E-state index contributed by atoms with van der Waals surface area (Å²) >= 11 is 2.90. The third-order valence-corrected chi connectivity index (χ3v) is 4.54. The highest BCUT2D eigenvalue weighted by Gasteiger charge is 2.22. The van der Waals surface area contributed by atoms with E-state index in [0.29, 0.717) is 0 Å². The zero-order chi connectivity index (χ0) is 15.6. The molecule has 0 fully saturated rings. The van der Waals surface area contributed by atoms with Gasteiger partial charge in [0.15, 0.2) is 5.82 Å². The second-order valence-electron chi connectivity index (χ2n) is 4.08. The number of rotatable bonds is 3. The fourth-order valence-corrected chi connectivity index (χ4v) is 3.47. The quantitative estimate of drug-likeness (QED) is 0.812. The van der Waals surface area contributed by atoms with Crippen LogP contribution in [-0.4, -0.2) is 8.42 Å². The van der Waals surface area contributed by atoms with E-state index in [9.17, 15) is 12.8 Å². The lowest BCUT2D eigenvalue weighted by Gasteiger charge is -2.11. The number of nitrogens with zero attached hydrogens (tertiary/aromatic N) is 1. The van der Waals surface area contributed by atoms with Crippen LogP contribution in [0.2, 0.25) is 0 Å². The first kappa shape index (κ1) is 15.3. The van der Waals surface area contributed by atoms with Gasteiger partial charge in [0.1, 0.15) is 11.0 Å². The number of nitrogens with one attached hydrogen (secondary N) is 1. The molecule has 0 saturated carbocycles. The molecule has 0 amide bonds. The lowest BCUT2D eigenvalue weighted by molar-refractivity contribution is 0.567. The Morgan fingerprint density at radius 1 is 1.29 bits per heavy atom. The van der Waals surface area contributed by atoms with Crippen molar-refractivity contribution in [2.24, 2.45) is 0 Å². The summed E-state index contributed by atoms with van der Waals surface area (Å²) in [6.45, 7) is 0. The standard InChI is InChI=1S/C13H9BrFN3O2S/c14-10-5-9(17)6-12(13(10)15)21(19,20)18-11-4-2-1-3-8(11)7-16/h1-6,18H,17H2. The minimum atomic E-state index is -4.21. The van der Waals surface area contributed by atoms with E-state index in [1.54, 1.807) is 12.1 Å². The molecule has 0 radical (unpaired) electrons. The van der Waals surface area contributed by atoms with Gasteiger partial charge in [-0.1, -0.05) is 12.1 Å². The van der Waals surface area contributed by atoms with Crippen molar-refractivity contribution in [2.75, 3.05) is 10.5 Å². The van der Waals surface area contributed by atoms with Crippen molar-refractivity contribution < 1.29 is 12.8 Å². The van der Waals surface area contributed by atoms with E-state index in [-0.39, 0.29) is 21.4 Å². The number of halogens is 2. The van der Waals surface area contributed by atoms with Crippen LogP contribution in [-0.2, 0) is 10.0 Å². The third kappa shape index (κ3) is 3.15. The third-order valence-electron chi connectivity index (χ3n) is 2.60. The predicted molar refractivity (Wildman–Crippen MR) is 80.5 cm³/mol. The predicted octanol–water partition coefficient (Wildman–Crippen LogP) is 2.84. The molecule has 2 aromatic rings. The Kier molecular flexibility index (Phi) is 4.16. The highest BCUT2D eigenvalue weighted by molar-refractivity contribution is 9.10. The van der Waals surface area contributed by atoms with Crippen molar-refractivity contribution in [1.82, 2.24) is 0 Å². The lowest BCUT2D eigenvalue weighted by Crippen LogP contribution is -2.16. The molecule has 0 aliphatic carbocycles. The fourth-order valence-electron chi connectivity index (χ4n) is 1.65. The molecule has 2 rings (SSSR count). The Morgan fingerprint density at radius 2 is 1.95 bits per heavy atom. The summed E-state index contributed by atoms with van der Waals surface area (Å²) < 4.78 is 40.6. The number of nitrogens with two attached hydrogens (primary N) is 1. The molecule has 2 aromatic carbocycles. The van der Waals surface area contributed by atoms with Gasteiger partial charge in [-0.25, -0.2) is 12.8 Å². The zero-order valence-corrected chi connectivity index (χ0v) is 12.9. The minimum absolute atomic E-state index is 0.0588. The van der Waals surface area contributed by atoms with Gasteiger partial charge in [0, 0.05) is 5.69 Å². The van der Waals surface area contributed by atoms with Gasteiger partial charge in [-0.15, -0.1) is 0 Å². The molecular formula is C13H9BrFN3O2S. The van der Waals surface area contributed by atoms with Gasteiger partial charge in [0.25, 0.3) is 10.0 Å². The Balaban J connectivity index is 2.52. The van der Waals surface area contributed by atoms with Gasteiger partial charge >= 0.3 is 0 Å². The Morgan fingerprint density at radius 3 is 2.62 bits per heavy atom. The van der Waals surface area contributed by atoms with Crippen LogP contribution >= 0.6 is 15.9 Å². The molecule has 0 heterocycles. The van der Waals surface area contributed by atoms with Gasteiger partial charge in [-0.2, -0.15) is 5.26 Å². The Labute approximate surface area is 129 Å². The number of benzene rings is 2. The van der Waals surface area contributed by atoms with Crippen LogP contribution in [0.25, 0.3) is 0 Å². The van der Waals surface area contributed by atoms with Crippen molar-refractivity contribution >= 4 is 37.3 Å². The maximum absolute atomic E-state index is 14.0. The molecular weight excluding hydrogens is 361 g/mol. The highest BCUT2D eigenvalue weighted by Crippen LogP contribution is 2.28. The number of anilines is 2. The smallest absolute Gasteiger partial charge is 0.264 e. The van der Waals surface area contributed by atoms with Crippen molar-refractivity contribution in [2.45, 2.75) is 4.90 Å². The monoisotopic (exact) mass is 369 g/mol. The summed E-state index contributed by atoms with van der Waals surface area (Å²) in [5, 5.41) is 8.94. The van der Waals surface area contributed by atoms with E-state index in [1.807, 2.05) is 6.07 Å². The largest absolute Gasteiger partial charge is 0.399 e. The molecule has 0 atom stereocenters. The van der Waals surface area contributed by atoms with Crippen molar-refractivity contribution in [3.8, 4) is 6.07 Å². The molecule has 5 nitrogen and oxygen atoms in total.